The summed E-state index contributed by atoms with van der Waals surface area (Å²) in [6.07, 6.45) is 0. The van der Waals surface area contributed by atoms with Gasteiger partial charge in [-0.1, -0.05) is 34.6 Å². The van der Waals surface area contributed by atoms with Gasteiger partial charge in [0.2, 0.25) is 0 Å². The minimum absolute atomic E-state index is 0.309. The Kier molecular flexibility index (Phi) is 5.33. The van der Waals surface area contributed by atoms with Crippen molar-refractivity contribution in [2.24, 2.45) is 11.3 Å². The Morgan fingerprint density at radius 2 is 2.15 bits per heavy atom. The first-order valence-corrected chi connectivity index (χ1v) is 9.15. The van der Waals surface area contributed by atoms with Crippen LogP contribution in [0, 0.1) is 11.3 Å². The Labute approximate surface area is 136 Å². The van der Waals surface area contributed by atoms with Gasteiger partial charge in [0.1, 0.15) is 0 Å². The minimum Gasteiger partial charge on any atom is -0.311 e. The molecule has 1 aliphatic rings. The highest BCUT2D eigenvalue weighted by atomic mass is 79.9. The molecule has 4 heteroatoms. The molecule has 1 aromatic heterocycles. The summed E-state index contributed by atoms with van der Waals surface area (Å²) in [5.41, 5.74) is 0.309. The molecular weight excluding hydrogens is 332 g/mol. The summed E-state index contributed by atoms with van der Waals surface area (Å²) in [4.78, 5) is 4.13. The molecule has 1 saturated heterocycles. The van der Waals surface area contributed by atoms with E-state index in [1.807, 2.05) is 11.3 Å². The van der Waals surface area contributed by atoms with E-state index in [1.165, 1.54) is 9.35 Å². The normalized spacial score (nSPS) is 25.4. The first-order valence-electron chi connectivity index (χ1n) is 7.47. The van der Waals surface area contributed by atoms with Crippen LogP contribution in [0.25, 0.3) is 0 Å². The van der Waals surface area contributed by atoms with Gasteiger partial charge in [-0.25, -0.2) is 0 Å². The summed E-state index contributed by atoms with van der Waals surface area (Å²) < 4.78 is 1.21. The maximum absolute atomic E-state index is 3.75. The molecule has 2 rings (SSSR count). The van der Waals surface area contributed by atoms with Gasteiger partial charge in [-0.2, -0.15) is 0 Å². The van der Waals surface area contributed by atoms with Gasteiger partial charge in [0.15, 0.2) is 0 Å². The highest BCUT2D eigenvalue weighted by Gasteiger charge is 2.36. The zero-order chi connectivity index (χ0) is 14.9. The Balaban J connectivity index is 2.13. The second-order valence-electron chi connectivity index (χ2n) is 7.30. The van der Waals surface area contributed by atoms with Crippen molar-refractivity contribution in [3.63, 3.8) is 0 Å². The minimum atomic E-state index is 0.309. The zero-order valence-electron chi connectivity index (χ0n) is 13.2. The van der Waals surface area contributed by atoms with E-state index in [4.69, 9.17) is 0 Å². The molecule has 2 heterocycles. The van der Waals surface area contributed by atoms with Crippen LogP contribution >= 0.6 is 27.3 Å². The van der Waals surface area contributed by atoms with Gasteiger partial charge in [-0.15, -0.1) is 11.3 Å². The summed E-state index contributed by atoms with van der Waals surface area (Å²) in [6.45, 7) is 15.0. The van der Waals surface area contributed by atoms with E-state index in [-0.39, 0.29) is 0 Å². The molecule has 1 N–H and O–H groups in total. The quantitative estimate of drug-likeness (QED) is 0.863. The standard InChI is InChI=1S/C16H27BrN2S/c1-11(2)14-9-19(8-13-6-12(17)10-20-13)15(7-18-14)16(3,4)5/h6,10-11,14-15,18H,7-9H2,1-5H3. The third kappa shape index (κ3) is 4.06. The molecular formula is C16H27BrN2S. The fourth-order valence-corrected chi connectivity index (χ4v) is 4.42. The molecule has 2 atom stereocenters. The van der Waals surface area contributed by atoms with Gasteiger partial charge < -0.3 is 5.32 Å². The fraction of sp³-hybridized carbons (Fsp3) is 0.750. The van der Waals surface area contributed by atoms with Gasteiger partial charge in [-0.3, -0.25) is 4.90 Å². The molecule has 0 spiro atoms. The molecule has 1 aliphatic heterocycles. The summed E-state index contributed by atoms with van der Waals surface area (Å²) in [7, 11) is 0. The number of rotatable bonds is 3. The van der Waals surface area contributed by atoms with Crippen molar-refractivity contribution in [3.05, 3.63) is 20.8 Å². The lowest BCUT2D eigenvalue weighted by molar-refractivity contribution is 0.0408. The SMILES string of the molecule is CC(C)C1CN(Cc2cc(Br)cs2)C(C(C)(C)C)CN1. The Hall–Kier alpha value is 0.1000. The Morgan fingerprint density at radius 1 is 1.45 bits per heavy atom. The van der Waals surface area contributed by atoms with Crippen LogP contribution in [0.3, 0.4) is 0 Å². The molecule has 0 radical (unpaired) electrons. The van der Waals surface area contributed by atoms with Crippen LogP contribution in [-0.4, -0.2) is 30.1 Å². The summed E-state index contributed by atoms with van der Waals surface area (Å²) in [6, 6.07) is 3.46. The van der Waals surface area contributed by atoms with E-state index in [2.05, 4.69) is 72.2 Å². The van der Waals surface area contributed by atoms with Crippen molar-refractivity contribution < 1.29 is 0 Å². The first-order chi connectivity index (χ1) is 9.27. The van der Waals surface area contributed by atoms with Gasteiger partial charge in [-0.05, 0) is 33.3 Å². The Morgan fingerprint density at radius 3 is 2.65 bits per heavy atom. The van der Waals surface area contributed by atoms with Crippen LogP contribution < -0.4 is 5.32 Å². The Bertz CT molecular complexity index is 436. The average Bonchev–Trinajstić information content (AvgIpc) is 2.73. The lowest BCUT2D eigenvalue weighted by atomic mass is 9.83. The molecule has 2 nitrogen and oxygen atoms in total. The van der Waals surface area contributed by atoms with Crippen LogP contribution in [0.4, 0.5) is 0 Å². The number of nitrogens with zero attached hydrogens (tertiary/aromatic N) is 1. The van der Waals surface area contributed by atoms with Crippen molar-refractivity contribution in [1.82, 2.24) is 10.2 Å². The monoisotopic (exact) mass is 358 g/mol. The molecule has 0 bridgehead atoms. The van der Waals surface area contributed by atoms with Crippen LogP contribution in [0.2, 0.25) is 0 Å². The summed E-state index contributed by atoms with van der Waals surface area (Å²) in [5.74, 6) is 0.688. The molecule has 0 saturated carbocycles. The lowest BCUT2D eigenvalue weighted by Gasteiger charge is -2.47. The lowest BCUT2D eigenvalue weighted by Crippen LogP contribution is -2.61. The van der Waals surface area contributed by atoms with Crippen molar-refractivity contribution in [2.45, 2.75) is 53.2 Å². The predicted molar refractivity (Wildman–Crippen MR) is 92.3 cm³/mol. The number of piperazine rings is 1. The number of nitrogens with one attached hydrogen (secondary N) is 1. The predicted octanol–water partition coefficient (Wildman–Crippen LogP) is 4.36. The number of halogens is 1. The van der Waals surface area contributed by atoms with E-state index in [1.54, 1.807) is 0 Å². The van der Waals surface area contributed by atoms with Crippen molar-refractivity contribution >= 4 is 27.3 Å². The van der Waals surface area contributed by atoms with E-state index in [0.717, 1.165) is 19.6 Å². The first kappa shape index (κ1) is 16.5. The smallest absolute Gasteiger partial charge is 0.0332 e. The molecule has 114 valence electrons. The van der Waals surface area contributed by atoms with Crippen LogP contribution in [0.1, 0.15) is 39.5 Å². The van der Waals surface area contributed by atoms with Gasteiger partial charge in [0.05, 0.1) is 0 Å². The second kappa shape index (κ2) is 6.47. The molecule has 20 heavy (non-hydrogen) atoms. The highest BCUT2D eigenvalue weighted by Crippen LogP contribution is 2.30. The maximum Gasteiger partial charge on any atom is 0.0332 e. The van der Waals surface area contributed by atoms with Crippen LogP contribution in [-0.2, 0) is 6.54 Å². The zero-order valence-corrected chi connectivity index (χ0v) is 15.6. The van der Waals surface area contributed by atoms with Gasteiger partial charge in [0.25, 0.3) is 0 Å². The average molecular weight is 359 g/mol. The van der Waals surface area contributed by atoms with Crippen molar-refractivity contribution in [3.8, 4) is 0 Å². The number of hydrogen-bond acceptors (Lipinski definition) is 3. The topological polar surface area (TPSA) is 15.3 Å². The molecule has 0 aliphatic carbocycles. The van der Waals surface area contributed by atoms with Crippen LogP contribution in [0.5, 0.6) is 0 Å². The molecule has 1 aromatic rings. The molecule has 0 aromatic carbocycles. The number of thiophene rings is 1. The molecule has 1 fully saturated rings. The van der Waals surface area contributed by atoms with E-state index in [0.29, 0.717) is 23.4 Å². The third-order valence-electron chi connectivity index (χ3n) is 4.23. The van der Waals surface area contributed by atoms with E-state index in [9.17, 15) is 0 Å². The van der Waals surface area contributed by atoms with Crippen molar-refractivity contribution in [1.29, 1.82) is 0 Å². The second-order valence-corrected chi connectivity index (χ2v) is 9.21. The summed E-state index contributed by atoms with van der Waals surface area (Å²) in [5, 5.41) is 5.93. The highest BCUT2D eigenvalue weighted by molar-refractivity contribution is 9.10. The number of hydrogen-bond donors (Lipinski definition) is 1. The molecule has 2 unspecified atom stereocenters. The fourth-order valence-electron chi connectivity index (χ4n) is 2.95. The third-order valence-corrected chi connectivity index (χ3v) is 5.91. The maximum atomic E-state index is 3.75. The van der Waals surface area contributed by atoms with Gasteiger partial charge in [0, 0.05) is 46.4 Å². The van der Waals surface area contributed by atoms with Gasteiger partial charge >= 0.3 is 0 Å². The van der Waals surface area contributed by atoms with E-state index >= 15 is 0 Å². The molecule has 0 amide bonds. The van der Waals surface area contributed by atoms with Crippen molar-refractivity contribution in [2.75, 3.05) is 13.1 Å². The van der Waals surface area contributed by atoms with Crippen LogP contribution in [0.15, 0.2) is 15.9 Å². The van der Waals surface area contributed by atoms with E-state index < -0.39 is 0 Å². The largest absolute Gasteiger partial charge is 0.311 e. The summed E-state index contributed by atoms with van der Waals surface area (Å²) >= 11 is 5.42.